The fourth-order valence-corrected chi connectivity index (χ4v) is 2.80. The first-order valence-corrected chi connectivity index (χ1v) is 8.33. The topological polar surface area (TPSA) is 63.7 Å². The molecule has 7 heteroatoms. The smallest absolute Gasteiger partial charge is 0.191 e. The summed E-state index contributed by atoms with van der Waals surface area (Å²) < 4.78 is 7.61. The van der Waals surface area contributed by atoms with E-state index >= 15 is 0 Å². The third kappa shape index (κ3) is 4.93. The highest BCUT2D eigenvalue weighted by atomic mass is 35.5. The van der Waals surface area contributed by atoms with Gasteiger partial charge in [0.15, 0.2) is 11.0 Å². The lowest BCUT2D eigenvalue weighted by Gasteiger charge is -2.06. The van der Waals surface area contributed by atoms with Crippen molar-refractivity contribution in [1.29, 1.82) is 5.26 Å². The third-order valence-corrected chi connectivity index (χ3v) is 4.38. The molecule has 116 valence electrons. The van der Waals surface area contributed by atoms with Crippen LogP contribution < -0.4 is 4.74 Å². The molecule has 0 spiro atoms. The molecule has 0 aliphatic heterocycles. The molecule has 2 aromatic rings. The van der Waals surface area contributed by atoms with Gasteiger partial charge in [0, 0.05) is 24.2 Å². The van der Waals surface area contributed by atoms with Crippen molar-refractivity contribution in [1.82, 2.24) is 14.8 Å². The number of thioether (sulfide) groups is 1. The van der Waals surface area contributed by atoms with Crippen molar-refractivity contribution in [3.05, 3.63) is 35.1 Å². The number of halogens is 1. The normalized spacial score (nSPS) is 10.4. The summed E-state index contributed by atoms with van der Waals surface area (Å²) in [6.07, 6.45) is 2.54. The van der Waals surface area contributed by atoms with E-state index in [2.05, 4.69) is 16.3 Å². The Labute approximate surface area is 139 Å². The molecule has 1 heterocycles. The lowest BCUT2D eigenvalue weighted by atomic mass is 10.3. The van der Waals surface area contributed by atoms with Gasteiger partial charge in [0.25, 0.3) is 0 Å². The number of hydrogen-bond acceptors (Lipinski definition) is 5. The fraction of sp³-hybridized carbons (Fsp3) is 0.400. The zero-order chi connectivity index (χ0) is 15.8. The largest absolute Gasteiger partial charge is 0.486 e. The van der Waals surface area contributed by atoms with Gasteiger partial charge in [0.05, 0.1) is 6.07 Å². The molecule has 5 nitrogen and oxygen atoms in total. The molecule has 0 N–H and O–H groups in total. The second-order valence-electron chi connectivity index (χ2n) is 4.66. The van der Waals surface area contributed by atoms with Crippen LogP contribution in [-0.4, -0.2) is 20.5 Å². The van der Waals surface area contributed by atoms with Crippen LogP contribution in [0.2, 0.25) is 5.02 Å². The minimum atomic E-state index is 0.361. The molecule has 0 fully saturated rings. The molecular formula is C15H17ClN4OS. The van der Waals surface area contributed by atoms with Crippen molar-refractivity contribution in [2.24, 2.45) is 7.05 Å². The molecule has 1 aromatic carbocycles. The van der Waals surface area contributed by atoms with Crippen LogP contribution in [0.4, 0.5) is 0 Å². The van der Waals surface area contributed by atoms with Crippen LogP contribution in [0.15, 0.2) is 29.4 Å². The van der Waals surface area contributed by atoms with Crippen LogP contribution in [0, 0.1) is 11.3 Å². The predicted octanol–water partition coefficient (Wildman–Crippen LogP) is 3.83. The lowest BCUT2D eigenvalue weighted by molar-refractivity contribution is 0.290. The Bertz CT molecular complexity index is 636. The number of unbranched alkanes of at least 4 members (excludes halogenated alkanes) is 2. The average Bonchev–Trinajstić information content (AvgIpc) is 2.87. The van der Waals surface area contributed by atoms with E-state index in [-0.39, 0.29) is 0 Å². The molecule has 1 aromatic heterocycles. The highest BCUT2D eigenvalue weighted by Crippen LogP contribution is 2.19. The number of benzene rings is 1. The highest BCUT2D eigenvalue weighted by Gasteiger charge is 2.09. The maximum atomic E-state index is 8.49. The maximum absolute atomic E-state index is 8.49. The monoisotopic (exact) mass is 336 g/mol. The maximum Gasteiger partial charge on any atom is 0.191 e. The van der Waals surface area contributed by atoms with Gasteiger partial charge < -0.3 is 9.30 Å². The first kappa shape index (κ1) is 16.7. The van der Waals surface area contributed by atoms with Crippen molar-refractivity contribution in [2.75, 3.05) is 5.75 Å². The van der Waals surface area contributed by atoms with Gasteiger partial charge in [-0.25, -0.2) is 0 Å². The highest BCUT2D eigenvalue weighted by molar-refractivity contribution is 7.99. The van der Waals surface area contributed by atoms with Gasteiger partial charge in [-0.05, 0) is 37.1 Å². The zero-order valence-corrected chi connectivity index (χ0v) is 13.9. The number of nitrogens with zero attached hydrogens (tertiary/aromatic N) is 4. The summed E-state index contributed by atoms with van der Waals surface area (Å²) >= 11 is 7.48. The first-order chi connectivity index (χ1) is 10.7. The van der Waals surface area contributed by atoms with Crippen molar-refractivity contribution in [3.63, 3.8) is 0 Å². The van der Waals surface area contributed by atoms with E-state index in [1.165, 1.54) is 0 Å². The molecule has 0 saturated heterocycles. The number of rotatable bonds is 8. The summed E-state index contributed by atoms with van der Waals surface area (Å²) in [6.45, 7) is 0.361. The summed E-state index contributed by atoms with van der Waals surface area (Å²) in [5.41, 5.74) is 0. The van der Waals surface area contributed by atoms with Crippen molar-refractivity contribution in [3.8, 4) is 11.8 Å². The van der Waals surface area contributed by atoms with Crippen LogP contribution in [0.1, 0.15) is 25.1 Å². The van der Waals surface area contributed by atoms with Crippen LogP contribution in [0.25, 0.3) is 0 Å². The summed E-state index contributed by atoms with van der Waals surface area (Å²) in [7, 11) is 1.93. The molecule has 22 heavy (non-hydrogen) atoms. The Kier molecular flexibility index (Phi) is 6.56. The predicted molar refractivity (Wildman–Crippen MR) is 87.0 cm³/mol. The molecule has 0 aliphatic rings. The summed E-state index contributed by atoms with van der Waals surface area (Å²) in [6, 6.07) is 9.37. The molecule has 0 unspecified atom stereocenters. The Hall–Kier alpha value is -1.71. The lowest BCUT2D eigenvalue weighted by Crippen LogP contribution is -2.04. The van der Waals surface area contributed by atoms with Crippen LogP contribution >= 0.6 is 23.4 Å². The Balaban J connectivity index is 1.82. The first-order valence-electron chi connectivity index (χ1n) is 6.97. The van der Waals surface area contributed by atoms with Crippen LogP contribution in [0.5, 0.6) is 5.75 Å². The van der Waals surface area contributed by atoms with E-state index in [1.807, 2.05) is 23.7 Å². The number of hydrogen-bond donors (Lipinski definition) is 0. The minimum Gasteiger partial charge on any atom is -0.486 e. The van der Waals surface area contributed by atoms with Crippen molar-refractivity contribution in [2.45, 2.75) is 31.0 Å². The second kappa shape index (κ2) is 8.66. The van der Waals surface area contributed by atoms with E-state index in [9.17, 15) is 0 Å². The quantitative estimate of drug-likeness (QED) is 0.541. The fourth-order valence-electron chi connectivity index (χ4n) is 1.74. The van der Waals surface area contributed by atoms with Crippen LogP contribution in [0.3, 0.4) is 0 Å². The molecule has 0 aliphatic carbocycles. The molecule has 0 bridgehead atoms. The van der Waals surface area contributed by atoms with E-state index < -0.39 is 0 Å². The summed E-state index contributed by atoms with van der Waals surface area (Å²) in [4.78, 5) is 0. The molecule has 2 rings (SSSR count). The van der Waals surface area contributed by atoms with Gasteiger partial charge in [0.2, 0.25) is 0 Å². The Morgan fingerprint density at radius 2 is 2.05 bits per heavy atom. The minimum absolute atomic E-state index is 0.361. The molecule has 0 saturated carbocycles. The van der Waals surface area contributed by atoms with Gasteiger partial charge in [-0.1, -0.05) is 23.4 Å². The average molecular weight is 337 g/mol. The van der Waals surface area contributed by atoms with E-state index in [0.717, 1.165) is 35.3 Å². The van der Waals surface area contributed by atoms with Gasteiger partial charge >= 0.3 is 0 Å². The molecular weight excluding hydrogens is 320 g/mol. The number of ether oxygens (including phenoxy) is 1. The van der Waals surface area contributed by atoms with Gasteiger partial charge in [-0.3, -0.25) is 0 Å². The van der Waals surface area contributed by atoms with E-state index in [0.29, 0.717) is 18.1 Å². The second-order valence-corrected chi connectivity index (χ2v) is 6.16. The van der Waals surface area contributed by atoms with Gasteiger partial charge in [0.1, 0.15) is 12.4 Å². The third-order valence-electron chi connectivity index (χ3n) is 3.02. The van der Waals surface area contributed by atoms with Crippen LogP contribution in [-0.2, 0) is 13.7 Å². The number of nitriles is 1. The Morgan fingerprint density at radius 3 is 2.77 bits per heavy atom. The van der Waals surface area contributed by atoms with E-state index in [4.69, 9.17) is 21.6 Å². The van der Waals surface area contributed by atoms with E-state index in [1.54, 1.807) is 23.9 Å². The molecule has 0 amide bonds. The summed E-state index contributed by atoms with van der Waals surface area (Å²) in [5.74, 6) is 2.46. The van der Waals surface area contributed by atoms with Crippen molar-refractivity contribution >= 4 is 23.4 Å². The number of aromatic nitrogens is 3. The summed E-state index contributed by atoms with van der Waals surface area (Å²) in [5, 5.41) is 18.4. The van der Waals surface area contributed by atoms with Crippen molar-refractivity contribution < 1.29 is 4.74 Å². The zero-order valence-electron chi connectivity index (χ0n) is 12.3. The molecule has 0 atom stereocenters. The molecule has 0 radical (unpaired) electrons. The standard InChI is InChI=1S/C15H17ClN4OS/c1-20-14(11-21-13-7-5-12(16)6-8-13)18-19-15(20)22-10-4-2-3-9-17/h5-8H,2-4,10-11H2,1H3. The Morgan fingerprint density at radius 1 is 1.27 bits per heavy atom. The SMILES string of the molecule is Cn1c(COc2ccc(Cl)cc2)nnc1SCCCCC#N. The van der Waals surface area contributed by atoms with Gasteiger partial charge in [-0.2, -0.15) is 5.26 Å². The van der Waals surface area contributed by atoms with Gasteiger partial charge in [-0.15, -0.1) is 10.2 Å².